The predicted molar refractivity (Wildman–Crippen MR) is 88.2 cm³/mol. The van der Waals surface area contributed by atoms with Crippen LogP contribution >= 0.6 is 49.3 Å². The summed E-state index contributed by atoms with van der Waals surface area (Å²) in [5, 5.41) is 0. The first-order valence-electron chi connectivity index (χ1n) is 7.30. The molecule has 21 heteroatoms. The highest BCUT2D eigenvalue weighted by atomic mass is 32.1. The molecule has 0 nitrogen and oxygen atoms in total. The van der Waals surface area contributed by atoms with Crippen molar-refractivity contribution in [1.82, 2.24) is 0 Å². The van der Waals surface area contributed by atoms with Gasteiger partial charge in [0, 0.05) is 4.90 Å². The van der Waals surface area contributed by atoms with Crippen LogP contribution in [0.25, 0.3) is 0 Å². The summed E-state index contributed by atoms with van der Waals surface area (Å²) in [6.07, 6.45) is -7.81. The molecule has 0 aromatic heterocycles. The van der Waals surface area contributed by atoms with E-state index in [-0.39, 0.29) is 0 Å². The van der Waals surface area contributed by atoms with Gasteiger partial charge in [-0.2, -0.15) is 74.6 Å². The molecule has 0 amide bonds. The van der Waals surface area contributed by atoms with Crippen molar-refractivity contribution in [2.75, 3.05) is 0 Å². The Morgan fingerprint density at radius 3 is 0.971 bits per heavy atom. The summed E-state index contributed by atoms with van der Waals surface area (Å²) in [6.45, 7) is 0. The number of rotatable bonds is 7. The number of hydrogen-bond donors (Lipinski definition) is 1. The normalized spacial score (nSPS) is 15.7. The minimum absolute atomic E-state index is 1.11. The second kappa shape index (κ2) is 8.09. The quantitative estimate of drug-likeness (QED) is 0.188. The zero-order valence-corrected chi connectivity index (χ0v) is 17.9. The van der Waals surface area contributed by atoms with E-state index >= 15 is 0 Å². The van der Waals surface area contributed by atoms with Crippen molar-refractivity contribution in [3.63, 3.8) is 0 Å². The van der Waals surface area contributed by atoms with Gasteiger partial charge < -0.3 is 0 Å². The highest BCUT2D eigenvalue weighted by Gasteiger charge is 2.95. The second-order valence-electron chi connectivity index (χ2n) is 6.23. The zero-order chi connectivity index (χ0) is 27.9. The lowest BCUT2D eigenvalue weighted by molar-refractivity contribution is -0.462. The number of hydrogen-bond acceptors (Lipinski definition) is 4. The average molecular weight is 608 g/mol. The third-order valence-electron chi connectivity index (χ3n) is 4.13. The average Bonchev–Trinajstić information content (AvgIpc) is 2.83. The molecule has 0 aliphatic carbocycles. The summed E-state index contributed by atoms with van der Waals surface area (Å²) in [4.78, 5) is -1.62. The monoisotopic (exact) mass is 608 g/mol. The van der Waals surface area contributed by atoms with Crippen molar-refractivity contribution in [1.29, 1.82) is 0 Å². The maximum atomic E-state index is 14.3. The molecule has 0 atom stereocenters. The first kappa shape index (κ1) is 31.2. The minimum atomic E-state index is -8.71. The number of thiol groups is 1. The van der Waals surface area contributed by atoms with Crippen LogP contribution in [-0.2, 0) is 5.92 Å². The summed E-state index contributed by atoms with van der Waals surface area (Å²) in [5.74, 6) is -57.4. The Balaban J connectivity index is 3.90. The first-order chi connectivity index (χ1) is 14.5. The van der Waals surface area contributed by atoms with Gasteiger partial charge in [-0.15, -0.1) is 12.6 Å². The van der Waals surface area contributed by atoms with Crippen LogP contribution in [0.4, 0.5) is 74.6 Å². The maximum absolute atomic E-state index is 14.3. The van der Waals surface area contributed by atoms with Crippen LogP contribution < -0.4 is 0 Å². The molecule has 0 saturated heterocycles. The lowest BCUT2D eigenvalue weighted by atomic mass is 9.87. The fourth-order valence-electron chi connectivity index (χ4n) is 2.16. The third kappa shape index (κ3) is 3.65. The van der Waals surface area contributed by atoms with Crippen LogP contribution in [0.1, 0.15) is 5.56 Å². The Morgan fingerprint density at radius 2 is 0.706 bits per heavy atom. The molecule has 0 heterocycles. The van der Waals surface area contributed by atoms with Crippen molar-refractivity contribution >= 4 is 49.3 Å². The van der Waals surface area contributed by atoms with Crippen molar-refractivity contribution in [2.24, 2.45) is 0 Å². The number of alkyl halides is 17. The van der Waals surface area contributed by atoms with E-state index in [1.165, 1.54) is 0 Å². The molecule has 0 fully saturated rings. The molecule has 1 aromatic rings. The van der Waals surface area contributed by atoms with Crippen LogP contribution in [0.3, 0.4) is 0 Å². The number of halogens is 17. The maximum Gasteiger partial charge on any atom is 0.460 e. The first-order valence-corrected chi connectivity index (χ1v) is 8.97. The van der Waals surface area contributed by atoms with Crippen molar-refractivity contribution in [2.45, 2.75) is 52.5 Å². The summed E-state index contributed by atoms with van der Waals surface area (Å²) >= 11 is 15.7. The fourth-order valence-corrected chi connectivity index (χ4v) is 3.48. The summed E-state index contributed by atoms with van der Waals surface area (Å²) in [6, 6.07) is 0. The van der Waals surface area contributed by atoms with Gasteiger partial charge in [-0.1, -0.05) is 36.7 Å². The highest BCUT2D eigenvalue weighted by Crippen LogP contribution is 2.65. The van der Waals surface area contributed by atoms with Crippen LogP contribution in [0.2, 0.25) is 0 Å². The highest BCUT2D eigenvalue weighted by molar-refractivity contribution is 7.81. The fraction of sp³-hybridized carbons (Fsp3) is 0.615. The molecule has 0 saturated carbocycles. The molecule has 196 valence electrons. The lowest BCUT2D eigenvalue weighted by Crippen LogP contribution is -2.74. The van der Waals surface area contributed by atoms with E-state index < -0.39 is 71.6 Å². The van der Waals surface area contributed by atoms with E-state index in [4.69, 9.17) is 0 Å². The van der Waals surface area contributed by atoms with E-state index in [9.17, 15) is 74.6 Å². The minimum Gasteiger partial charge on any atom is -0.194 e. The Hall–Kier alpha value is -0.830. The van der Waals surface area contributed by atoms with Gasteiger partial charge in [0.2, 0.25) is 0 Å². The Bertz CT molecular complexity index is 1110. The summed E-state index contributed by atoms with van der Waals surface area (Å²) in [7, 11) is 0. The van der Waals surface area contributed by atoms with Gasteiger partial charge >= 0.3 is 47.6 Å². The predicted octanol–water partition coefficient (Wildman–Crippen LogP) is 8.51. The second-order valence-corrected chi connectivity index (χ2v) is 7.90. The molecule has 0 N–H and O–H groups in total. The molecule has 0 radical (unpaired) electrons. The molecule has 0 aliphatic rings. The van der Waals surface area contributed by atoms with E-state index in [1.807, 2.05) is 0 Å². The molecule has 0 spiro atoms. The molecular formula is C13HF17S4. The lowest BCUT2D eigenvalue weighted by Gasteiger charge is -2.42. The van der Waals surface area contributed by atoms with Crippen molar-refractivity contribution < 1.29 is 74.6 Å². The smallest absolute Gasteiger partial charge is 0.194 e. The largest absolute Gasteiger partial charge is 0.460 e. The van der Waals surface area contributed by atoms with Gasteiger partial charge in [0.1, 0.15) is 0 Å². The van der Waals surface area contributed by atoms with Crippen LogP contribution in [0.5, 0.6) is 0 Å². The van der Waals surface area contributed by atoms with Gasteiger partial charge in [-0.3, -0.25) is 0 Å². The molecule has 0 bridgehead atoms. The zero-order valence-electron chi connectivity index (χ0n) is 14.6. The van der Waals surface area contributed by atoms with Gasteiger partial charge in [-0.25, -0.2) is 0 Å². The van der Waals surface area contributed by atoms with E-state index in [1.54, 1.807) is 0 Å². The molecule has 0 aliphatic heterocycles. The summed E-state index contributed by atoms with van der Waals surface area (Å²) in [5.41, 5.74) is -2.61. The van der Waals surface area contributed by atoms with E-state index in [2.05, 4.69) is 49.3 Å². The Kier molecular flexibility index (Phi) is 7.42. The van der Waals surface area contributed by atoms with Gasteiger partial charge in [-0.05, 0) is 0 Å². The van der Waals surface area contributed by atoms with Gasteiger partial charge in [0.25, 0.3) is 0 Å². The van der Waals surface area contributed by atoms with Gasteiger partial charge in [0.05, 0.1) is 19.1 Å². The van der Waals surface area contributed by atoms with E-state index in [0.717, 1.165) is 0 Å². The molecule has 1 aromatic carbocycles. The van der Waals surface area contributed by atoms with Gasteiger partial charge in [0.15, 0.2) is 0 Å². The molecule has 1 rings (SSSR count). The Labute approximate surface area is 195 Å². The summed E-state index contributed by atoms with van der Waals surface area (Å²) < 4.78 is 222. The molecular weight excluding hydrogens is 607 g/mol. The van der Waals surface area contributed by atoms with Crippen molar-refractivity contribution in [3.8, 4) is 0 Å². The van der Waals surface area contributed by atoms with Crippen LogP contribution in [0, 0.1) is 13.5 Å². The van der Waals surface area contributed by atoms with E-state index in [0.29, 0.717) is 0 Å². The SMILES string of the molecule is FC(F)(F)C(F)(F)C(F)(F)C(F)(F)C(F)(F)C(F)(F)C(F)(F)C(F)(F)c1c(S)c(=S)c(=S)c1=S. The van der Waals surface area contributed by atoms with Crippen LogP contribution in [0.15, 0.2) is 4.90 Å². The molecule has 34 heavy (non-hydrogen) atoms. The molecule has 0 unspecified atom stereocenters. The standard InChI is InChI=1S/C13HF17S4/c14-6(15,1-2(31)4(33)5(34)3(1)32)7(16,17)8(18,19)9(20,21)10(22,23)11(24,25)12(26,27)13(28,29)30/h31H. The third-order valence-corrected chi connectivity index (χ3v) is 6.21. The Morgan fingerprint density at radius 1 is 0.412 bits per heavy atom. The topological polar surface area (TPSA) is 0 Å². The van der Waals surface area contributed by atoms with Crippen molar-refractivity contribution in [3.05, 3.63) is 19.1 Å². The van der Waals surface area contributed by atoms with Crippen LogP contribution in [-0.4, -0.2) is 41.7 Å².